The van der Waals surface area contributed by atoms with Crippen LogP contribution < -0.4 is 0 Å². The van der Waals surface area contributed by atoms with E-state index in [9.17, 15) is 19.2 Å². The molecule has 0 radical (unpaired) electrons. The van der Waals surface area contributed by atoms with Crippen LogP contribution >= 0.6 is 0 Å². The van der Waals surface area contributed by atoms with E-state index in [0.29, 0.717) is 0 Å². The molecule has 0 amide bonds. The smallest absolute Gasteiger partial charge is 0.318 e. The van der Waals surface area contributed by atoms with Crippen molar-refractivity contribution in [1.29, 1.82) is 0 Å². The van der Waals surface area contributed by atoms with Gasteiger partial charge in [0.1, 0.15) is 0 Å². The summed E-state index contributed by atoms with van der Waals surface area (Å²) in [7, 11) is 1.28. The lowest BCUT2D eigenvalue weighted by atomic mass is 9.60. The number of hydrogen-bond donors (Lipinski definition) is 0. The zero-order valence-electron chi connectivity index (χ0n) is 14.5. The summed E-state index contributed by atoms with van der Waals surface area (Å²) in [6, 6.07) is 0. The van der Waals surface area contributed by atoms with Gasteiger partial charge < -0.3 is 14.2 Å². The van der Waals surface area contributed by atoms with Crippen molar-refractivity contribution in [3.05, 3.63) is 24.3 Å². The molecule has 7 nitrogen and oxygen atoms in total. The van der Waals surface area contributed by atoms with Crippen molar-refractivity contribution in [2.24, 2.45) is 47.3 Å². The summed E-state index contributed by atoms with van der Waals surface area (Å²) in [5.74, 6) is -5.75. The highest BCUT2D eigenvalue weighted by molar-refractivity contribution is 5.97. The van der Waals surface area contributed by atoms with Crippen LogP contribution in [0.25, 0.3) is 0 Å². The van der Waals surface area contributed by atoms with E-state index in [1.165, 1.54) is 7.11 Å². The number of carbonyl (C=O) groups is 4. The third-order valence-electron chi connectivity index (χ3n) is 6.20. The number of hydrogen-bond acceptors (Lipinski definition) is 7. The van der Waals surface area contributed by atoms with Crippen LogP contribution in [0.1, 0.15) is 6.92 Å². The Hall–Kier alpha value is -2.44. The van der Waals surface area contributed by atoms with Gasteiger partial charge in [-0.05, 0) is 17.8 Å². The molecule has 0 saturated carbocycles. The molecule has 138 valence electrons. The fourth-order valence-electron chi connectivity index (χ4n) is 4.96. The van der Waals surface area contributed by atoms with Crippen molar-refractivity contribution in [3.63, 3.8) is 0 Å². The van der Waals surface area contributed by atoms with Crippen molar-refractivity contribution >= 4 is 23.9 Å². The maximum atomic E-state index is 12.5. The largest absolute Gasteiger partial charge is 0.469 e. The summed E-state index contributed by atoms with van der Waals surface area (Å²) in [5.41, 5.74) is 0. The van der Waals surface area contributed by atoms with E-state index < -0.39 is 59.4 Å². The minimum atomic E-state index is -0.753. The summed E-state index contributed by atoms with van der Waals surface area (Å²) in [5, 5.41) is 0. The zero-order valence-corrected chi connectivity index (χ0v) is 14.5. The molecule has 0 unspecified atom stereocenters. The molecule has 0 spiro atoms. The summed E-state index contributed by atoms with van der Waals surface area (Å²) < 4.78 is 15.0. The standard InChI is InChI=1S/C19H20O7/c1-8-3-5-10(14-12(8)18(22)26-19(14)23)11-6-4-9-7-25-17(21)13(9)15(11)16(20)24-2/h3-6,8-15H,7H2,1-2H3/t8-,9-,10-,11+,12-,13-,14+,15+/m1/s1. The Morgan fingerprint density at radius 2 is 1.65 bits per heavy atom. The predicted molar refractivity (Wildman–Crippen MR) is 85.9 cm³/mol. The number of methoxy groups -OCH3 is 1. The molecule has 2 fully saturated rings. The molecular formula is C19H20O7. The lowest BCUT2D eigenvalue weighted by molar-refractivity contribution is -0.158. The highest BCUT2D eigenvalue weighted by Gasteiger charge is 2.58. The van der Waals surface area contributed by atoms with E-state index in [1.807, 2.05) is 31.2 Å². The van der Waals surface area contributed by atoms with E-state index in [-0.39, 0.29) is 18.4 Å². The Kier molecular flexibility index (Phi) is 3.97. The van der Waals surface area contributed by atoms with Crippen LogP contribution in [0.4, 0.5) is 0 Å². The molecule has 8 atom stereocenters. The van der Waals surface area contributed by atoms with Gasteiger partial charge in [-0.3, -0.25) is 19.2 Å². The number of rotatable bonds is 2. The van der Waals surface area contributed by atoms with Crippen LogP contribution in [0.2, 0.25) is 0 Å². The molecule has 7 heteroatoms. The second kappa shape index (κ2) is 6.07. The minimum Gasteiger partial charge on any atom is -0.469 e. The van der Waals surface area contributed by atoms with Gasteiger partial charge in [0.25, 0.3) is 0 Å². The van der Waals surface area contributed by atoms with E-state index in [2.05, 4.69) is 0 Å². The molecular weight excluding hydrogens is 340 g/mol. The molecule has 0 aromatic rings. The van der Waals surface area contributed by atoms with Gasteiger partial charge in [-0.1, -0.05) is 31.2 Å². The number of allylic oxidation sites excluding steroid dienone is 3. The molecule has 0 bridgehead atoms. The Labute approximate surface area is 150 Å². The summed E-state index contributed by atoms with van der Waals surface area (Å²) in [6.07, 6.45) is 7.50. The fraction of sp³-hybridized carbons (Fsp3) is 0.579. The van der Waals surface area contributed by atoms with Crippen LogP contribution in [0.3, 0.4) is 0 Å². The molecule has 2 aliphatic heterocycles. The maximum absolute atomic E-state index is 12.5. The monoisotopic (exact) mass is 360 g/mol. The average molecular weight is 360 g/mol. The molecule has 0 N–H and O–H groups in total. The van der Waals surface area contributed by atoms with Crippen molar-refractivity contribution in [2.75, 3.05) is 13.7 Å². The van der Waals surface area contributed by atoms with Gasteiger partial charge in [0, 0.05) is 5.92 Å². The van der Waals surface area contributed by atoms with E-state index in [4.69, 9.17) is 14.2 Å². The Balaban J connectivity index is 1.75. The van der Waals surface area contributed by atoms with Gasteiger partial charge in [0.05, 0.1) is 37.4 Å². The van der Waals surface area contributed by atoms with Crippen LogP contribution in [-0.2, 0) is 33.4 Å². The second-order valence-electron chi connectivity index (χ2n) is 7.44. The normalized spacial score (nSPS) is 43.5. The van der Waals surface area contributed by atoms with Crippen molar-refractivity contribution < 1.29 is 33.4 Å². The Bertz CT molecular complexity index is 736. The van der Waals surface area contributed by atoms with Gasteiger partial charge in [0.15, 0.2) is 0 Å². The average Bonchev–Trinajstić information content (AvgIpc) is 3.15. The van der Waals surface area contributed by atoms with E-state index in [0.717, 1.165) is 0 Å². The first-order valence-electron chi connectivity index (χ1n) is 8.80. The van der Waals surface area contributed by atoms with Gasteiger partial charge in [0.2, 0.25) is 0 Å². The molecule has 2 heterocycles. The van der Waals surface area contributed by atoms with Gasteiger partial charge in [-0.2, -0.15) is 0 Å². The number of esters is 4. The van der Waals surface area contributed by atoms with Crippen LogP contribution in [0, 0.1) is 47.3 Å². The first-order valence-corrected chi connectivity index (χ1v) is 8.80. The molecule has 2 aliphatic carbocycles. The quantitative estimate of drug-likeness (QED) is 0.312. The number of fused-ring (bicyclic) bond motifs is 2. The number of ether oxygens (including phenoxy) is 3. The van der Waals surface area contributed by atoms with Gasteiger partial charge in [-0.25, -0.2) is 0 Å². The lowest BCUT2D eigenvalue weighted by Crippen LogP contribution is -2.45. The number of carbonyl (C=O) groups excluding carboxylic acids is 4. The topological polar surface area (TPSA) is 96.0 Å². The summed E-state index contributed by atoms with van der Waals surface area (Å²) >= 11 is 0. The summed E-state index contributed by atoms with van der Waals surface area (Å²) in [4.78, 5) is 49.2. The van der Waals surface area contributed by atoms with Crippen molar-refractivity contribution in [1.82, 2.24) is 0 Å². The van der Waals surface area contributed by atoms with E-state index in [1.54, 1.807) is 0 Å². The van der Waals surface area contributed by atoms with Crippen molar-refractivity contribution in [2.45, 2.75) is 6.92 Å². The molecule has 0 aromatic carbocycles. The van der Waals surface area contributed by atoms with E-state index >= 15 is 0 Å². The molecule has 26 heavy (non-hydrogen) atoms. The van der Waals surface area contributed by atoms with Gasteiger partial charge >= 0.3 is 23.9 Å². The highest BCUT2D eigenvalue weighted by atomic mass is 16.6. The SMILES string of the molecule is COC(=O)[C@H]1[C@H]([C@H]2C=C[C@@H](C)[C@H]3C(=O)OC(=O)[C@@H]23)C=C[C@@H]2COC(=O)[C@@H]12. The Morgan fingerprint density at radius 3 is 2.38 bits per heavy atom. The number of cyclic esters (lactones) is 3. The van der Waals surface area contributed by atoms with Crippen molar-refractivity contribution in [3.8, 4) is 0 Å². The predicted octanol–water partition coefficient (Wildman–Crippen LogP) is 0.889. The zero-order chi connectivity index (χ0) is 18.6. The highest BCUT2D eigenvalue weighted by Crippen LogP contribution is 2.50. The molecule has 2 saturated heterocycles. The lowest BCUT2D eigenvalue weighted by Gasteiger charge is -2.39. The minimum absolute atomic E-state index is 0.122. The Morgan fingerprint density at radius 1 is 0.962 bits per heavy atom. The third kappa shape index (κ3) is 2.33. The van der Waals surface area contributed by atoms with Gasteiger partial charge in [-0.15, -0.1) is 0 Å². The van der Waals surface area contributed by atoms with Crippen LogP contribution in [0.5, 0.6) is 0 Å². The molecule has 4 rings (SSSR count). The molecule has 4 aliphatic rings. The second-order valence-corrected chi connectivity index (χ2v) is 7.44. The summed E-state index contributed by atoms with van der Waals surface area (Å²) in [6.45, 7) is 2.10. The van der Waals surface area contributed by atoms with Crippen LogP contribution in [0.15, 0.2) is 24.3 Å². The first kappa shape index (κ1) is 17.0. The third-order valence-corrected chi connectivity index (χ3v) is 6.20. The maximum Gasteiger partial charge on any atom is 0.318 e. The molecule has 0 aromatic heterocycles. The first-order chi connectivity index (χ1) is 12.4. The van der Waals surface area contributed by atoms with Crippen LogP contribution in [-0.4, -0.2) is 37.6 Å². The fourth-order valence-corrected chi connectivity index (χ4v) is 4.96.